The first kappa shape index (κ1) is 20.0. The van der Waals surface area contributed by atoms with E-state index in [2.05, 4.69) is 29.6 Å². The number of hydrogen-bond donors (Lipinski definition) is 2. The molecule has 4 rings (SSSR count). The van der Waals surface area contributed by atoms with Crippen molar-refractivity contribution in [2.24, 2.45) is 0 Å². The SMILES string of the molecule is Nc1cc(C=CCCNC(=O)OCC2c3ccccc3-c3ccccc32)ccc1Cl. The largest absolute Gasteiger partial charge is 0.449 e. The maximum atomic E-state index is 12.2. The summed E-state index contributed by atoms with van der Waals surface area (Å²) >= 11 is 5.92. The van der Waals surface area contributed by atoms with Crippen molar-refractivity contribution in [3.05, 3.63) is 94.5 Å². The summed E-state index contributed by atoms with van der Waals surface area (Å²) in [5.41, 5.74) is 12.2. The number of nitrogens with one attached hydrogen (secondary N) is 1. The van der Waals surface area contributed by atoms with Crippen molar-refractivity contribution in [1.82, 2.24) is 5.32 Å². The normalized spacial score (nSPS) is 12.6. The summed E-state index contributed by atoms with van der Waals surface area (Å²) in [6.07, 6.45) is 4.21. The fourth-order valence-corrected chi connectivity index (χ4v) is 3.91. The standard InChI is InChI=1S/C25H23ClN2O2/c26-23-13-12-17(15-24(23)27)7-5-6-14-28-25(29)30-16-22-20-10-3-1-8-18(20)19-9-2-4-11-21(19)22/h1-5,7-13,15,22H,6,14,16,27H2,(H,28,29). The van der Waals surface area contributed by atoms with E-state index in [1.165, 1.54) is 22.3 Å². The highest BCUT2D eigenvalue weighted by molar-refractivity contribution is 6.33. The first-order valence-corrected chi connectivity index (χ1v) is 10.3. The zero-order valence-corrected chi connectivity index (χ0v) is 17.2. The second-order valence-corrected chi connectivity index (χ2v) is 7.63. The molecule has 0 saturated carbocycles. The maximum Gasteiger partial charge on any atom is 0.407 e. The van der Waals surface area contributed by atoms with Gasteiger partial charge in [0.15, 0.2) is 0 Å². The first-order chi connectivity index (χ1) is 14.6. The van der Waals surface area contributed by atoms with Gasteiger partial charge < -0.3 is 15.8 Å². The van der Waals surface area contributed by atoms with Crippen molar-refractivity contribution in [2.75, 3.05) is 18.9 Å². The Morgan fingerprint density at radius 3 is 2.37 bits per heavy atom. The van der Waals surface area contributed by atoms with Crippen molar-refractivity contribution >= 4 is 29.5 Å². The van der Waals surface area contributed by atoms with Crippen LogP contribution in [0.25, 0.3) is 17.2 Å². The molecule has 0 fully saturated rings. The fraction of sp³-hybridized carbons (Fsp3) is 0.160. The number of nitrogens with two attached hydrogens (primary N) is 1. The van der Waals surface area contributed by atoms with Gasteiger partial charge in [0.2, 0.25) is 0 Å². The van der Waals surface area contributed by atoms with Crippen molar-refractivity contribution in [3.8, 4) is 11.1 Å². The number of ether oxygens (including phenoxy) is 1. The van der Waals surface area contributed by atoms with Crippen molar-refractivity contribution in [2.45, 2.75) is 12.3 Å². The number of halogens is 1. The molecule has 0 radical (unpaired) electrons. The van der Waals surface area contributed by atoms with Crippen LogP contribution in [-0.4, -0.2) is 19.2 Å². The molecule has 1 aliphatic rings. The van der Waals surface area contributed by atoms with Crippen molar-refractivity contribution in [1.29, 1.82) is 0 Å². The van der Waals surface area contributed by atoms with E-state index in [1.807, 2.05) is 48.6 Å². The Balaban J connectivity index is 1.27. The molecule has 0 aromatic heterocycles. The van der Waals surface area contributed by atoms with E-state index < -0.39 is 6.09 Å². The van der Waals surface area contributed by atoms with Crippen LogP contribution in [0.15, 0.2) is 72.8 Å². The number of carbonyl (C=O) groups is 1. The van der Waals surface area contributed by atoms with Crippen LogP contribution in [0.5, 0.6) is 0 Å². The monoisotopic (exact) mass is 418 g/mol. The van der Waals surface area contributed by atoms with Crippen LogP contribution in [0.2, 0.25) is 5.02 Å². The molecule has 1 aliphatic carbocycles. The number of hydrogen-bond acceptors (Lipinski definition) is 3. The van der Waals surface area contributed by atoms with Crippen LogP contribution in [0.1, 0.15) is 29.0 Å². The van der Waals surface area contributed by atoms with Gasteiger partial charge in [0, 0.05) is 12.5 Å². The Hall–Kier alpha value is -3.24. The molecule has 5 heteroatoms. The van der Waals surface area contributed by atoms with E-state index >= 15 is 0 Å². The highest BCUT2D eigenvalue weighted by Crippen LogP contribution is 2.44. The smallest absolute Gasteiger partial charge is 0.407 e. The Morgan fingerprint density at radius 1 is 1.03 bits per heavy atom. The molecule has 4 nitrogen and oxygen atoms in total. The van der Waals surface area contributed by atoms with Gasteiger partial charge in [-0.1, -0.05) is 78.4 Å². The molecule has 0 atom stereocenters. The second kappa shape index (κ2) is 9.06. The minimum absolute atomic E-state index is 0.0680. The minimum atomic E-state index is -0.402. The zero-order valence-electron chi connectivity index (χ0n) is 16.5. The summed E-state index contributed by atoms with van der Waals surface area (Å²) in [7, 11) is 0. The summed E-state index contributed by atoms with van der Waals surface area (Å²) in [5, 5.41) is 3.35. The molecule has 0 spiro atoms. The van der Waals surface area contributed by atoms with Gasteiger partial charge in [-0.05, 0) is 46.4 Å². The lowest BCUT2D eigenvalue weighted by molar-refractivity contribution is 0.143. The van der Waals surface area contributed by atoms with Crippen LogP contribution in [0.3, 0.4) is 0 Å². The molecule has 0 aliphatic heterocycles. The summed E-state index contributed by atoms with van der Waals surface area (Å²) < 4.78 is 5.53. The number of alkyl carbamates (subject to hydrolysis) is 1. The summed E-state index contributed by atoms with van der Waals surface area (Å²) in [5.74, 6) is 0.0680. The fourth-order valence-electron chi connectivity index (χ4n) is 3.79. The lowest BCUT2D eigenvalue weighted by Crippen LogP contribution is -2.26. The van der Waals surface area contributed by atoms with Gasteiger partial charge in [-0.2, -0.15) is 0 Å². The molecule has 1 amide bonds. The molecule has 30 heavy (non-hydrogen) atoms. The van der Waals surface area contributed by atoms with Crippen LogP contribution in [0, 0.1) is 0 Å². The number of benzene rings is 3. The average Bonchev–Trinajstić information content (AvgIpc) is 3.08. The molecular weight excluding hydrogens is 396 g/mol. The highest BCUT2D eigenvalue weighted by Gasteiger charge is 2.28. The highest BCUT2D eigenvalue weighted by atomic mass is 35.5. The molecule has 3 aromatic carbocycles. The van der Waals surface area contributed by atoms with E-state index in [4.69, 9.17) is 22.1 Å². The van der Waals surface area contributed by atoms with E-state index in [1.54, 1.807) is 6.07 Å². The Labute approximate surface area is 181 Å². The van der Waals surface area contributed by atoms with E-state index in [0.29, 0.717) is 30.3 Å². The van der Waals surface area contributed by atoms with Gasteiger partial charge in [0.05, 0.1) is 10.7 Å². The molecule has 152 valence electrons. The molecular formula is C25H23ClN2O2. The van der Waals surface area contributed by atoms with Gasteiger partial charge in [-0.25, -0.2) is 4.79 Å². The quantitative estimate of drug-likeness (QED) is 0.389. The summed E-state index contributed by atoms with van der Waals surface area (Å²) in [6, 6.07) is 22.1. The third-order valence-electron chi connectivity index (χ3n) is 5.25. The Morgan fingerprint density at radius 2 is 1.70 bits per heavy atom. The number of amides is 1. The number of carbonyl (C=O) groups excluding carboxylic acids is 1. The predicted octanol–water partition coefficient (Wildman–Crippen LogP) is 5.86. The predicted molar refractivity (Wildman–Crippen MR) is 123 cm³/mol. The molecule has 3 N–H and O–H groups in total. The van der Waals surface area contributed by atoms with Crippen molar-refractivity contribution in [3.63, 3.8) is 0 Å². The third kappa shape index (κ3) is 4.34. The number of anilines is 1. The van der Waals surface area contributed by atoms with Crippen molar-refractivity contribution < 1.29 is 9.53 Å². The summed E-state index contributed by atoms with van der Waals surface area (Å²) in [6.45, 7) is 0.815. The second-order valence-electron chi connectivity index (χ2n) is 7.22. The van der Waals surface area contributed by atoms with E-state index in [9.17, 15) is 4.79 Å². The molecule has 3 aromatic rings. The van der Waals surface area contributed by atoms with E-state index in [0.717, 1.165) is 5.56 Å². The number of fused-ring (bicyclic) bond motifs is 3. The molecule has 0 saturated heterocycles. The Kier molecular flexibility index (Phi) is 6.05. The van der Waals surface area contributed by atoms with Crippen LogP contribution >= 0.6 is 11.6 Å². The van der Waals surface area contributed by atoms with Gasteiger partial charge in [0.1, 0.15) is 6.61 Å². The van der Waals surface area contributed by atoms with Gasteiger partial charge in [0.25, 0.3) is 0 Å². The minimum Gasteiger partial charge on any atom is -0.449 e. The lowest BCUT2D eigenvalue weighted by atomic mass is 9.98. The third-order valence-corrected chi connectivity index (χ3v) is 5.60. The molecule has 0 bridgehead atoms. The summed E-state index contributed by atoms with van der Waals surface area (Å²) in [4.78, 5) is 12.2. The van der Waals surface area contributed by atoms with Gasteiger partial charge >= 0.3 is 6.09 Å². The Bertz CT molecular complexity index is 1050. The van der Waals surface area contributed by atoms with Gasteiger partial charge in [-0.15, -0.1) is 0 Å². The number of nitrogen functional groups attached to an aromatic ring is 1. The average molecular weight is 419 g/mol. The van der Waals surface area contributed by atoms with Gasteiger partial charge in [-0.3, -0.25) is 0 Å². The molecule has 0 heterocycles. The topological polar surface area (TPSA) is 64.3 Å². The van der Waals surface area contributed by atoms with E-state index in [-0.39, 0.29) is 5.92 Å². The first-order valence-electron chi connectivity index (χ1n) is 9.94. The number of rotatable bonds is 6. The lowest BCUT2D eigenvalue weighted by Gasteiger charge is -2.14. The van der Waals surface area contributed by atoms with Crippen LogP contribution in [0.4, 0.5) is 10.5 Å². The zero-order chi connectivity index (χ0) is 20.9. The molecule has 0 unspecified atom stereocenters. The van der Waals surface area contributed by atoms with Crippen LogP contribution < -0.4 is 11.1 Å². The van der Waals surface area contributed by atoms with Crippen LogP contribution in [-0.2, 0) is 4.74 Å². The maximum absolute atomic E-state index is 12.2.